The smallest absolute Gasteiger partial charge is 0.289 e. The van der Waals surface area contributed by atoms with Gasteiger partial charge in [-0.25, -0.2) is 0 Å². The van der Waals surface area contributed by atoms with Gasteiger partial charge < -0.3 is 20.1 Å². The number of likely N-dealkylation sites (N-methyl/N-ethyl adjacent to an activating group) is 1. The topological polar surface area (TPSA) is 78.9 Å². The normalized spacial score (nSPS) is 14.5. The molecule has 0 atom stereocenters. The molecule has 21 heavy (non-hydrogen) atoms. The first-order chi connectivity index (χ1) is 10.1. The zero-order chi connectivity index (χ0) is 15.2. The molecule has 6 nitrogen and oxygen atoms in total. The Bertz CT molecular complexity index is 554. The highest BCUT2D eigenvalue weighted by Gasteiger charge is 2.31. The molecule has 0 saturated carbocycles. The first-order valence-corrected chi connectivity index (χ1v) is 6.73. The summed E-state index contributed by atoms with van der Waals surface area (Å²) >= 11 is 0. The van der Waals surface area contributed by atoms with Gasteiger partial charge in [-0.3, -0.25) is 9.59 Å². The molecule has 0 aromatic heterocycles. The summed E-state index contributed by atoms with van der Waals surface area (Å²) in [5, 5.41) is 12.2. The molecule has 6 heteroatoms. The van der Waals surface area contributed by atoms with Gasteiger partial charge in [0.2, 0.25) is 0 Å². The van der Waals surface area contributed by atoms with Gasteiger partial charge in [0.05, 0.1) is 18.7 Å². The number of carbonyl (C=O) groups excluding carboxylic acids is 2. The fourth-order valence-electron chi connectivity index (χ4n) is 1.96. The molecule has 1 aliphatic heterocycles. The molecule has 0 unspecified atom stereocenters. The zero-order valence-electron chi connectivity index (χ0n) is 11.8. The SMILES string of the molecule is CN1CC(C(=O)NCCCOc2ccccc2)=C(O)C1=O. The third-order valence-corrected chi connectivity index (χ3v) is 3.12. The van der Waals surface area contributed by atoms with Gasteiger partial charge in [0.1, 0.15) is 5.75 Å². The predicted octanol–water partition coefficient (Wildman–Crippen LogP) is 0.856. The maximum Gasteiger partial charge on any atom is 0.289 e. The van der Waals surface area contributed by atoms with Crippen molar-refractivity contribution in [2.24, 2.45) is 0 Å². The van der Waals surface area contributed by atoms with E-state index in [4.69, 9.17) is 4.74 Å². The fourth-order valence-corrected chi connectivity index (χ4v) is 1.96. The Morgan fingerprint density at radius 2 is 2.10 bits per heavy atom. The summed E-state index contributed by atoms with van der Waals surface area (Å²) in [6.07, 6.45) is 0.637. The first-order valence-electron chi connectivity index (χ1n) is 6.73. The van der Waals surface area contributed by atoms with Crippen LogP contribution in [-0.4, -0.2) is 48.6 Å². The van der Waals surface area contributed by atoms with Crippen LogP contribution in [0.25, 0.3) is 0 Å². The molecule has 0 saturated heterocycles. The number of carbonyl (C=O) groups is 2. The molecule has 0 aliphatic carbocycles. The van der Waals surface area contributed by atoms with Crippen molar-refractivity contribution in [2.75, 3.05) is 26.7 Å². The van der Waals surface area contributed by atoms with Crippen LogP contribution < -0.4 is 10.1 Å². The highest BCUT2D eigenvalue weighted by Crippen LogP contribution is 2.15. The number of para-hydroxylation sites is 1. The van der Waals surface area contributed by atoms with Crippen molar-refractivity contribution >= 4 is 11.8 Å². The molecule has 1 aromatic carbocycles. The largest absolute Gasteiger partial charge is 0.503 e. The van der Waals surface area contributed by atoms with Gasteiger partial charge in [0.15, 0.2) is 5.76 Å². The van der Waals surface area contributed by atoms with Crippen LogP contribution in [0.5, 0.6) is 5.75 Å². The van der Waals surface area contributed by atoms with Crippen molar-refractivity contribution in [3.8, 4) is 5.75 Å². The van der Waals surface area contributed by atoms with Gasteiger partial charge in [0.25, 0.3) is 11.8 Å². The summed E-state index contributed by atoms with van der Waals surface area (Å²) < 4.78 is 5.49. The minimum absolute atomic E-state index is 0.117. The average Bonchev–Trinajstić information content (AvgIpc) is 2.75. The Balaban J connectivity index is 1.70. The number of aliphatic hydroxyl groups is 1. The standard InChI is InChI=1S/C15H18N2O4/c1-17-10-12(13(18)15(17)20)14(19)16-8-5-9-21-11-6-3-2-4-7-11/h2-4,6-7,18H,5,8-10H2,1H3,(H,16,19). The van der Waals surface area contributed by atoms with Gasteiger partial charge in [0, 0.05) is 13.6 Å². The summed E-state index contributed by atoms with van der Waals surface area (Å²) in [6.45, 7) is 1.03. The van der Waals surface area contributed by atoms with E-state index < -0.39 is 17.6 Å². The third kappa shape index (κ3) is 3.75. The van der Waals surface area contributed by atoms with E-state index in [1.54, 1.807) is 0 Å². The van der Waals surface area contributed by atoms with Crippen molar-refractivity contribution in [3.05, 3.63) is 41.7 Å². The van der Waals surface area contributed by atoms with Crippen LogP contribution in [-0.2, 0) is 9.59 Å². The van der Waals surface area contributed by atoms with E-state index in [0.717, 1.165) is 5.75 Å². The molecule has 112 valence electrons. The Hall–Kier alpha value is -2.50. The van der Waals surface area contributed by atoms with Crippen molar-refractivity contribution in [3.63, 3.8) is 0 Å². The summed E-state index contributed by atoms with van der Waals surface area (Å²) in [5.74, 6) is -0.611. The van der Waals surface area contributed by atoms with Gasteiger partial charge in [-0.05, 0) is 18.6 Å². The number of benzene rings is 1. The second-order valence-corrected chi connectivity index (χ2v) is 4.76. The summed E-state index contributed by atoms with van der Waals surface area (Å²) in [5.41, 5.74) is 0.117. The summed E-state index contributed by atoms with van der Waals surface area (Å²) in [6, 6.07) is 9.41. The van der Waals surface area contributed by atoms with E-state index in [1.807, 2.05) is 30.3 Å². The molecule has 1 heterocycles. The average molecular weight is 290 g/mol. The number of amides is 2. The first kappa shape index (κ1) is 14.9. The molecule has 1 aromatic rings. The molecule has 1 aliphatic rings. The van der Waals surface area contributed by atoms with Crippen LogP contribution in [0.4, 0.5) is 0 Å². The van der Waals surface area contributed by atoms with Gasteiger partial charge in [-0.15, -0.1) is 0 Å². The van der Waals surface area contributed by atoms with Crippen LogP contribution in [0.1, 0.15) is 6.42 Å². The molecule has 0 spiro atoms. The van der Waals surface area contributed by atoms with E-state index in [2.05, 4.69) is 5.32 Å². The molecule has 2 N–H and O–H groups in total. The van der Waals surface area contributed by atoms with Crippen LogP contribution in [0.3, 0.4) is 0 Å². The van der Waals surface area contributed by atoms with Crippen LogP contribution in [0, 0.1) is 0 Å². The quantitative estimate of drug-likeness (QED) is 0.762. The lowest BCUT2D eigenvalue weighted by Crippen LogP contribution is -2.29. The molecule has 0 bridgehead atoms. The van der Waals surface area contributed by atoms with E-state index in [1.165, 1.54) is 11.9 Å². The highest BCUT2D eigenvalue weighted by atomic mass is 16.5. The number of aliphatic hydroxyl groups excluding tert-OH is 1. The Labute approximate surface area is 123 Å². The lowest BCUT2D eigenvalue weighted by Gasteiger charge is -2.09. The number of hydrogen-bond acceptors (Lipinski definition) is 4. The summed E-state index contributed by atoms with van der Waals surface area (Å²) in [7, 11) is 1.53. The summed E-state index contributed by atoms with van der Waals surface area (Å²) in [4.78, 5) is 24.5. The van der Waals surface area contributed by atoms with Crippen molar-refractivity contribution in [1.82, 2.24) is 10.2 Å². The number of nitrogens with zero attached hydrogens (tertiary/aromatic N) is 1. The molecule has 0 fully saturated rings. The van der Waals surface area contributed by atoms with Gasteiger partial charge in [-0.1, -0.05) is 18.2 Å². The monoisotopic (exact) mass is 290 g/mol. The van der Waals surface area contributed by atoms with Crippen molar-refractivity contribution < 1.29 is 19.4 Å². The number of hydrogen-bond donors (Lipinski definition) is 2. The number of ether oxygens (including phenoxy) is 1. The lowest BCUT2D eigenvalue weighted by molar-refractivity contribution is -0.126. The van der Waals surface area contributed by atoms with E-state index in [0.29, 0.717) is 19.6 Å². The highest BCUT2D eigenvalue weighted by molar-refractivity contribution is 6.06. The maximum absolute atomic E-state index is 11.8. The van der Waals surface area contributed by atoms with Gasteiger partial charge in [-0.2, -0.15) is 0 Å². The maximum atomic E-state index is 11.8. The van der Waals surface area contributed by atoms with Crippen LogP contribution >= 0.6 is 0 Å². The number of nitrogens with one attached hydrogen (secondary N) is 1. The van der Waals surface area contributed by atoms with Crippen molar-refractivity contribution in [2.45, 2.75) is 6.42 Å². The van der Waals surface area contributed by atoms with E-state index in [9.17, 15) is 14.7 Å². The predicted molar refractivity (Wildman–Crippen MR) is 76.9 cm³/mol. The Morgan fingerprint density at radius 3 is 2.71 bits per heavy atom. The van der Waals surface area contributed by atoms with Crippen LogP contribution in [0.2, 0.25) is 0 Å². The third-order valence-electron chi connectivity index (χ3n) is 3.12. The van der Waals surface area contributed by atoms with Gasteiger partial charge >= 0.3 is 0 Å². The van der Waals surface area contributed by atoms with E-state index >= 15 is 0 Å². The second kappa shape index (κ2) is 6.78. The van der Waals surface area contributed by atoms with Crippen molar-refractivity contribution in [1.29, 1.82) is 0 Å². The minimum atomic E-state index is -0.521. The lowest BCUT2D eigenvalue weighted by atomic mass is 10.2. The number of rotatable bonds is 6. The fraction of sp³-hybridized carbons (Fsp3) is 0.333. The second-order valence-electron chi connectivity index (χ2n) is 4.76. The molecule has 0 radical (unpaired) electrons. The Morgan fingerprint density at radius 1 is 1.38 bits per heavy atom. The van der Waals surface area contributed by atoms with Crippen LogP contribution in [0.15, 0.2) is 41.7 Å². The van der Waals surface area contributed by atoms with E-state index in [-0.39, 0.29) is 12.1 Å². The zero-order valence-corrected chi connectivity index (χ0v) is 11.8. The Kier molecular flexibility index (Phi) is 4.81. The minimum Gasteiger partial charge on any atom is -0.503 e. The molecular formula is C15H18N2O4. The molecule has 2 rings (SSSR count). The molecule has 2 amide bonds. The molecular weight excluding hydrogens is 272 g/mol.